The number of aromatic nitrogens is 3. The van der Waals surface area contributed by atoms with Crippen LogP contribution in [0.15, 0.2) is 35.8 Å². The highest BCUT2D eigenvalue weighted by Gasteiger charge is 2.15. The van der Waals surface area contributed by atoms with Gasteiger partial charge >= 0.3 is 0 Å². The van der Waals surface area contributed by atoms with Crippen LogP contribution in [0, 0.1) is 25.2 Å². The van der Waals surface area contributed by atoms with Crippen LogP contribution in [0.2, 0.25) is 0 Å². The molecule has 3 heterocycles. The van der Waals surface area contributed by atoms with Crippen LogP contribution < -0.4 is 5.32 Å². The monoisotopic (exact) mass is 333 g/mol. The maximum Gasteiger partial charge on any atom is 0.157 e. The van der Waals surface area contributed by atoms with E-state index < -0.39 is 0 Å². The molecule has 6 heteroatoms. The number of thiazole rings is 1. The molecule has 0 atom stereocenters. The van der Waals surface area contributed by atoms with E-state index in [9.17, 15) is 5.26 Å². The second-order valence-electron chi connectivity index (χ2n) is 5.67. The lowest BCUT2D eigenvalue weighted by Crippen LogP contribution is -2.06. The Balaban J connectivity index is 1.91. The van der Waals surface area contributed by atoms with Crippen molar-refractivity contribution in [2.24, 2.45) is 0 Å². The minimum absolute atomic E-state index is 0.616. The fraction of sp³-hybridized carbons (Fsp3) is 0.167. The van der Waals surface area contributed by atoms with Crippen LogP contribution in [0.3, 0.4) is 0 Å². The van der Waals surface area contributed by atoms with E-state index in [0.717, 1.165) is 28.1 Å². The van der Waals surface area contributed by atoms with Gasteiger partial charge in [-0.05, 0) is 37.6 Å². The van der Waals surface area contributed by atoms with Crippen molar-refractivity contribution in [3.63, 3.8) is 0 Å². The zero-order valence-corrected chi connectivity index (χ0v) is 14.2. The number of pyridine rings is 1. The molecule has 0 aliphatic carbocycles. The Bertz CT molecular complexity index is 1100. The van der Waals surface area contributed by atoms with E-state index in [4.69, 9.17) is 0 Å². The van der Waals surface area contributed by atoms with Gasteiger partial charge in [0, 0.05) is 4.88 Å². The van der Waals surface area contributed by atoms with Gasteiger partial charge in [0.05, 0.1) is 34.3 Å². The Morgan fingerprint density at radius 2 is 2.12 bits per heavy atom. The number of hydrogen-bond donors (Lipinski definition) is 1. The number of anilines is 1. The molecular formula is C18H15N5S. The van der Waals surface area contributed by atoms with Gasteiger partial charge in [-0.15, -0.1) is 11.3 Å². The summed E-state index contributed by atoms with van der Waals surface area (Å²) in [6.45, 7) is 4.66. The minimum atomic E-state index is 0.616. The molecule has 118 valence electrons. The molecule has 0 fully saturated rings. The maximum atomic E-state index is 9.52. The van der Waals surface area contributed by atoms with Crippen molar-refractivity contribution in [2.45, 2.75) is 20.4 Å². The van der Waals surface area contributed by atoms with E-state index in [2.05, 4.69) is 21.4 Å². The first-order valence-electron chi connectivity index (χ1n) is 7.63. The van der Waals surface area contributed by atoms with Gasteiger partial charge in [-0.25, -0.2) is 9.97 Å². The molecule has 0 radical (unpaired) electrons. The summed E-state index contributed by atoms with van der Waals surface area (Å²) in [6, 6.07) is 12.2. The van der Waals surface area contributed by atoms with Gasteiger partial charge in [0.15, 0.2) is 5.65 Å². The topological polar surface area (TPSA) is 66.0 Å². The van der Waals surface area contributed by atoms with Crippen LogP contribution in [0.4, 0.5) is 5.82 Å². The first-order chi connectivity index (χ1) is 11.7. The Morgan fingerprint density at radius 1 is 1.29 bits per heavy atom. The highest BCUT2D eigenvalue weighted by Crippen LogP contribution is 2.27. The largest absolute Gasteiger partial charge is 0.366 e. The lowest BCUT2D eigenvalue weighted by molar-refractivity contribution is 1.07. The number of nitrogens with zero attached hydrogens (tertiary/aromatic N) is 4. The Kier molecular flexibility index (Phi) is 3.44. The van der Waals surface area contributed by atoms with Gasteiger partial charge in [0.25, 0.3) is 0 Å². The Labute approximate surface area is 143 Å². The van der Waals surface area contributed by atoms with E-state index in [0.29, 0.717) is 17.8 Å². The molecule has 4 aromatic rings. The number of rotatable bonds is 3. The minimum Gasteiger partial charge on any atom is -0.366 e. The molecule has 0 unspecified atom stereocenters. The van der Waals surface area contributed by atoms with Crippen LogP contribution in [-0.4, -0.2) is 14.4 Å². The summed E-state index contributed by atoms with van der Waals surface area (Å²) < 4.78 is 2.03. The van der Waals surface area contributed by atoms with Crippen molar-refractivity contribution in [3.05, 3.63) is 57.5 Å². The number of nitriles is 1. The van der Waals surface area contributed by atoms with E-state index in [1.54, 1.807) is 11.3 Å². The summed E-state index contributed by atoms with van der Waals surface area (Å²) in [7, 11) is 0. The number of fused-ring (bicyclic) bond motifs is 3. The third kappa shape index (κ3) is 2.22. The van der Waals surface area contributed by atoms with Crippen LogP contribution in [0.1, 0.15) is 21.7 Å². The van der Waals surface area contributed by atoms with Crippen molar-refractivity contribution in [1.82, 2.24) is 14.4 Å². The van der Waals surface area contributed by atoms with E-state index in [1.807, 2.05) is 54.1 Å². The second-order valence-corrected chi connectivity index (χ2v) is 6.61. The molecule has 0 amide bonds. The fourth-order valence-electron chi connectivity index (χ4n) is 2.89. The van der Waals surface area contributed by atoms with Gasteiger partial charge in [-0.3, -0.25) is 4.40 Å². The molecule has 0 aliphatic rings. The highest BCUT2D eigenvalue weighted by molar-refractivity contribution is 7.09. The van der Waals surface area contributed by atoms with Crippen molar-refractivity contribution in [3.8, 4) is 6.07 Å². The molecule has 1 N–H and O–H groups in total. The number of imidazole rings is 1. The molecule has 0 bridgehead atoms. The van der Waals surface area contributed by atoms with Gasteiger partial charge in [-0.1, -0.05) is 12.1 Å². The van der Waals surface area contributed by atoms with Gasteiger partial charge in [0.2, 0.25) is 0 Å². The summed E-state index contributed by atoms with van der Waals surface area (Å²) in [5.41, 5.74) is 7.02. The average Bonchev–Trinajstić information content (AvgIpc) is 3.16. The summed E-state index contributed by atoms with van der Waals surface area (Å²) in [6.07, 6.45) is 0. The third-order valence-electron chi connectivity index (χ3n) is 4.16. The summed E-state index contributed by atoms with van der Waals surface area (Å²) >= 11 is 1.64. The van der Waals surface area contributed by atoms with E-state index in [1.165, 1.54) is 4.88 Å². The highest BCUT2D eigenvalue weighted by atomic mass is 32.1. The van der Waals surface area contributed by atoms with Crippen LogP contribution in [0.25, 0.3) is 16.7 Å². The molecule has 3 aromatic heterocycles. The van der Waals surface area contributed by atoms with Crippen LogP contribution >= 0.6 is 11.3 Å². The SMILES string of the molecule is Cc1cc(NCc2scnc2C)n2c(nc3ccccc32)c1C#N. The van der Waals surface area contributed by atoms with Gasteiger partial charge in [-0.2, -0.15) is 5.26 Å². The average molecular weight is 333 g/mol. The standard InChI is InChI=1S/C18H15N5S/c1-11-7-17(20-9-16-12(2)21-10-24-16)23-15-6-4-3-5-14(15)22-18(23)13(11)8-19/h3-7,10,20H,9H2,1-2H3. The smallest absolute Gasteiger partial charge is 0.157 e. The summed E-state index contributed by atoms with van der Waals surface area (Å²) in [4.78, 5) is 10.2. The number of nitrogens with one attached hydrogen (secondary N) is 1. The predicted octanol–water partition coefficient (Wildman–Crippen LogP) is 4.04. The number of hydrogen-bond acceptors (Lipinski definition) is 5. The second kappa shape index (κ2) is 5.62. The van der Waals surface area contributed by atoms with Crippen molar-refractivity contribution >= 4 is 33.8 Å². The zero-order chi connectivity index (χ0) is 16.7. The first-order valence-corrected chi connectivity index (χ1v) is 8.50. The van der Waals surface area contributed by atoms with E-state index >= 15 is 0 Å². The molecule has 0 aliphatic heterocycles. The summed E-state index contributed by atoms with van der Waals surface area (Å²) in [5, 5.41) is 13.0. The van der Waals surface area contributed by atoms with Crippen LogP contribution in [0.5, 0.6) is 0 Å². The molecule has 0 spiro atoms. The molecule has 1 aromatic carbocycles. The quantitative estimate of drug-likeness (QED) is 0.614. The Hall–Kier alpha value is -2.91. The molecular weight excluding hydrogens is 318 g/mol. The summed E-state index contributed by atoms with van der Waals surface area (Å²) in [5.74, 6) is 0.933. The predicted molar refractivity (Wildman–Crippen MR) is 96.3 cm³/mol. The molecule has 0 saturated heterocycles. The number of aryl methyl sites for hydroxylation is 2. The molecule has 5 nitrogen and oxygen atoms in total. The fourth-order valence-corrected chi connectivity index (χ4v) is 3.61. The number of benzene rings is 1. The molecule has 24 heavy (non-hydrogen) atoms. The normalized spacial score (nSPS) is 11.0. The van der Waals surface area contributed by atoms with Gasteiger partial charge in [0.1, 0.15) is 11.9 Å². The molecule has 4 rings (SSSR count). The van der Waals surface area contributed by atoms with Crippen molar-refractivity contribution in [1.29, 1.82) is 5.26 Å². The van der Waals surface area contributed by atoms with Crippen molar-refractivity contribution < 1.29 is 0 Å². The van der Waals surface area contributed by atoms with Crippen molar-refractivity contribution in [2.75, 3.05) is 5.32 Å². The van der Waals surface area contributed by atoms with E-state index in [-0.39, 0.29) is 0 Å². The number of para-hydroxylation sites is 2. The third-order valence-corrected chi connectivity index (χ3v) is 5.09. The Morgan fingerprint density at radius 3 is 2.88 bits per heavy atom. The lowest BCUT2D eigenvalue weighted by atomic mass is 10.1. The zero-order valence-electron chi connectivity index (χ0n) is 13.4. The maximum absolute atomic E-state index is 9.52. The lowest BCUT2D eigenvalue weighted by Gasteiger charge is -2.12. The van der Waals surface area contributed by atoms with Crippen LogP contribution in [-0.2, 0) is 6.54 Å². The van der Waals surface area contributed by atoms with Gasteiger partial charge < -0.3 is 5.32 Å². The molecule has 0 saturated carbocycles. The first kappa shape index (κ1) is 14.7.